The van der Waals surface area contributed by atoms with E-state index >= 15 is 0 Å². The minimum absolute atomic E-state index is 0.796. The van der Waals surface area contributed by atoms with Crippen LogP contribution in [-0.2, 0) is 6.42 Å². The van der Waals surface area contributed by atoms with Crippen LogP contribution in [0.1, 0.15) is 63.6 Å². The van der Waals surface area contributed by atoms with Crippen molar-refractivity contribution in [2.75, 3.05) is 0 Å². The third-order valence-corrected chi connectivity index (χ3v) is 2.80. The van der Waals surface area contributed by atoms with Gasteiger partial charge in [-0.05, 0) is 42.4 Å². The highest BCUT2D eigenvalue weighted by atomic mass is 14.2. The molecule has 1 aromatic carbocycles. The van der Waals surface area contributed by atoms with Gasteiger partial charge >= 0.3 is 0 Å². The Bertz CT molecular complexity index is 273. The molecular formula is C15H26. The van der Waals surface area contributed by atoms with Gasteiger partial charge < -0.3 is 0 Å². The van der Waals surface area contributed by atoms with E-state index in [-0.39, 0.29) is 0 Å². The van der Waals surface area contributed by atoms with Crippen LogP contribution in [-0.4, -0.2) is 0 Å². The molecule has 1 aliphatic rings. The lowest BCUT2D eigenvalue weighted by atomic mass is 10.0. The second-order valence-corrected chi connectivity index (χ2v) is 3.58. The summed E-state index contributed by atoms with van der Waals surface area (Å²) < 4.78 is 0. The van der Waals surface area contributed by atoms with Gasteiger partial charge in [0, 0.05) is 0 Å². The smallest absolute Gasteiger partial charge is 0.0184 e. The van der Waals surface area contributed by atoms with Crippen molar-refractivity contribution in [3.8, 4) is 0 Å². The second kappa shape index (κ2) is 7.50. The number of hydrogen-bond donors (Lipinski definition) is 0. The van der Waals surface area contributed by atoms with E-state index in [0.717, 1.165) is 5.92 Å². The van der Waals surface area contributed by atoms with Gasteiger partial charge in [0.15, 0.2) is 0 Å². The van der Waals surface area contributed by atoms with Crippen molar-refractivity contribution < 1.29 is 0 Å². The fourth-order valence-electron chi connectivity index (χ4n) is 2.04. The lowest BCUT2D eigenvalue weighted by Gasteiger charge is -2.04. The topological polar surface area (TPSA) is 0 Å². The van der Waals surface area contributed by atoms with Crippen LogP contribution in [0.25, 0.3) is 0 Å². The summed E-state index contributed by atoms with van der Waals surface area (Å²) in [6.45, 7) is 12.5. The summed E-state index contributed by atoms with van der Waals surface area (Å²) in [6, 6.07) is 6.67. The summed E-state index contributed by atoms with van der Waals surface area (Å²) in [6.07, 6.45) is 2.64. The molecule has 0 bridgehead atoms. The van der Waals surface area contributed by atoms with Gasteiger partial charge in [0.25, 0.3) is 0 Å². The average molecular weight is 206 g/mol. The molecule has 0 fully saturated rings. The number of aryl methyl sites for hydroxylation is 1. The first-order valence-electron chi connectivity index (χ1n) is 6.37. The quantitative estimate of drug-likeness (QED) is 0.554. The molecule has 1 atom stereocenters. The summed E-state index contributed by atoms with van der Waals surface area (Å²) >= 11 is 0. The first-order chi connectivity index (χ1) is 7.29. The Morgan fingerprint density at radius 3 is 2.20 bits per heavy atom. The predicted molar refractivity (Wildman–Crippen MR) is 70.6 cm³/mol. The molecule has 0 saturated carbocycles. The molecule has 0 heteroatoms. The fraction of sp³-hybridized carbons (Fsp3) is 0.600. The van der Waals surface area contributed by atoms with E-state index in [1.54, 1.807) is 11.1 Å². The van der Waals surface area contributed by atoms with Gasteiger partial charge in [-0.3, -0.25) is 0 Å². The lowest BCUT2D eigenvalue weighted by Crippen LogP contribution is -1.87. The number of hydrogen-bond acceptors (Lipinski definition) is 0. The van der Waals surface area contributed by atoms with Crippen LogP contribution < -0.4 is 0 Å². The van der Waals surface area contributed by atoms with Crippen LogP contribution >= 0.6 is 0 Å². The minimum Gasteiger partial charge on any atom is -0.0683 e. The Hall–Kier alpha value is -0.780. The van der Waals surface area contributed by atoms with E-state index in [9.17, 15) is 0 Å². The van der Waals surface area contributed by atoms with E-state index in [4.69, 9.17) is 0 Å². The van der Waals surface area contributed by atoms with Crippen LogP contribution in [0.15, 0.2) is 18.2 Å². The molecule has 0 saturated heterocycles. The molecule has 0 aliphatic heterocycles. The number of rotatable bonds is 0. The molecule has 0 aromatic heterocycles. The maximum absolute atomic E-state index is 2.32. The molecule has 0 nitrogen and oxygen atoms in total. The van der Waals surface area contributed by atoms with E-state index in [0.29, 0.717) is 0 Å². The zero-order chi connectivity index (χ0) is 11.8. The fourth-order valence-corrected chi connectivity index (χ4v) is 2.04. The van der Waals surface area contributed by atoms with Gasteiger partial charge in [0.05, 0.1) is 0 Å². The molecule has 0 N–H and O–H groups in total. The molecule has 0 amide bonds. The largest absolute Gasteiger partial charge is 0.0683 e. The summed E-state index contributed by atoms with van der Waals surface area (Å²) in [5.74, 6) is 0.796. The molecule has 15 heavy (non-hydrogen) atoms. The third kappa shape index (κ3) is 3.37. The Balaban J connectivity index is 0.000000442. The normalized spacial score (nSPS) is 16.8. The van der Waals surface area contributed by atoms with Crippen molar-refractivity contribution in [1.82, 2.24) is 0 Å². The van der Waals surface area contributed by atoms with E-state index < -0.39 is 0 Å². The summed E-state index contributed by atoms with van der Waals surface area (Å²) in [7, 11) is 0. The predicted octanol–water partition coefficient (Wildman–Crippen LogP) is 5.10. The van der Waals surface area contributed by atoms with Crippen LogP contribution in [0.3, 0.4) is 0 Å². The van der Waals surface area contributed by atoms with Crippen molar-refractivity contribution in [1.29, 1.82) is 0 Å². The highest BCUT2D eigenvalue weighted by Gasteiger charge is 2.18. The number of fused-ring (bicyclic) bond motifs is 1. The lowest BCUT2D eigenvalue weighted by molar-refractivity contribution is 0.747. The van der Waals surface area contributed by atoms with Gasteiger partial charge in [-0.15, -0.1) is 0 Å². The van der Waals surface area contributed by atoms with Crippen molar-refractivity contribution in [2.45, 2.75) is 60.3 Å². The highest BCUT2D eigenvalue weighted by molar-refractivity contribution is 5.39. The van der Waals surface area contributed by atoms with Crippen molar-refractivity contribution in [3.63, 3.8) is 0 Å². The van der Waals surface area contributed by atoms with Crippen LogP contribution in [0, 0.1) is 6.92 Å². The van der Waals surface area contributed by atoms with Gasteiger partial charge in [0.2, 0.25) is 0 Å². The highest BCUT2D eigenvalue weighted by Crippen LogP contribution is 2.33. The van der Waals surface area contributed by atoms with Crippen LogP contribution in [0.5, 0.6) is 0 Å². The molecule has 1 aliphatic carbocycles. The Labute approximate surface area is 95.7 Å². The van der Waals surface area contributed by atoms with Crippen LogP contribution in [0.4, 0.5) is 0 Å². The maximum Gasteiger partial charge on any atom is -0.0184 e. The Morgan fingerprint density at radius 2 is 1.67 bits per heavy atom. The van der Waals surface area contributed by atoms with E-state index in [1.165, 1.54) is 18.4 Å². The molecular weight excluding hydrogens is 180 g/mol. The van der Waals surface area contributed by atoms with Gasteiger partial charge in [0.1, 0.15) is 0 Å². The minimum atomic E-state index is 0.796. The van der Waals surface area contributed by atoms with Gasteiger partial charge in [-0.25, -0.2) is 0 Å². The third-order valence-electron chi connectivity index (χ3n) is 2.80. The van der Waals surface area contributed by atoms with Gasteiger partial charge in [-0.1, -0.05) is 52.8 Å². The van der Waals surface area contributed by atoms with Crippen LogP contribution in [0.2, 0.25) is 0 Å². The zero-order valence-corrected chi connectivity index (χ0v) is 11.2. The second-order valence-electron chi connectivity index (χ2n) is 3.58. The molecule has 0 heterocycles. The molecule has 1 unspecified atom stereocenters. The molecule has 2 rings (SSSR count). The van der Waals surface area contributed by atoms with Crippen molar-refractivity contribution >= 4 is 0 Å². The first-order valence-corrected chi connectivity index (χ1v) is 6.37. The summed E-state index contributed by atoms with van der Waals surface area (Å²) in [4.78, 5) is 0. The van der Waals surface area contributed by atoms with Crippen molar-refractivity contribution in [3.05, 3.63) is 34.9 Å². The van der Waals surface area contributed by atoms with Gasteiger partial charge in [-0.2, -0.15) is 0 Å². The zero-order valence-electron chi connectivity index (χ0n) is 11.2. The van der Waals surface area contributed by atoms with Crippen molar-refractivity contribution in [2.24, 2.45) is 0 Å². The molecule has 0 spiro atoms. The monoisotopic (exact) mass is 206 g/mol. The Kier molecular flexibility index (Phi) is 7.11. The molecule has 0 radical (unpaired) electrons. The standard InChI is InChI=1S/C11H14.2C2H6/c1-8-4-3-5-10-9(2)6-7-11(8)10;2*1-2/h3-5,9H,6-7H2,1-2H3;2*1-2H3. The summed E-state index contributed by atoms with van der Waals surface area (Å²) in [5.41, 5.74) is 4.68. The maximum atomic E-state index is 2.32. The SMILES string of the molecule is CC.CC.Cc1cccc2c1CCC2C. The molecule has 1 aromatic rings. The average Bonchev–Trinajstić information content (AvgIpc) is 2.68. The Morgan fingerprint density at radius 1 is 1.07 bits per heavy atom. The first kappa shape index (κ1) is 14.2. The van der Waals surface area contributed by atoms with E-state index in [1.807, 2.05) is 27.7 Å². The molecule has 86 valence electrons. The number of benzene rings is 1. The summed E-state index contributed by atoms with van der Waals surface area (Å²) in [5, 5.41) is 0. The van der Waals surface area contributed by atoms with E-state index in [2.05, 4.69) is 32.0 Å².